The number of nitrogens with zero attached hydrogens (tertiary/aromatic N) is 1. The van der Waals surface area contributed by atoms with Crippen molar-refractivity contribution in [2.45, 2.75) is 38.8 Å². The summed E-state index contributed by atoms with van der Waals surface area (Å²) in [5.74, 6) is 0. The zero-order chi connectivity index (χ0) is 18.4. The first-order valence-electron chi connectivity index (χ1n) is 8.21. The van der Waals surface area contributed by atoms with E-state index in [1.165, 1.54) is 0 Å². The molecule has 0 saturated carbocycles. The molecule has 1 amide bonds. The molecule has 132 valence electrons. The molecule has 0 aliphatic rings. The molecule has 25 heavy (non-hydrogen) atoms. The number of rotatable bonds is 5. The van der Waals surface area contributed by atoms with E-state index < -0.39 is 11.7 Å². The Morgan fingerprint density at radius 2 is 2.08 bits per heavy atom. The molecule has 1 heterocycles. The van der Waals surface area contributed by atoms with Crippen molar-refractivity contribution < 1.29 is 9.53 Å². The van der Waals surface area contributed by atoms with Gasteiger partial charge >= 0.3 is 6.09 Å². The summed E-state index contributed by atoms with van der Waals surface area (Å²) in [4.78, 5) is 16.5. The Labute approximate surface area is 148 Å². The maximum Gasteiger partial charge on any atom is 0.408 e. The second-order valence-electron chi connectivity index (χ2n) is 6.78. The minimum Gasteiger partial charge on any atom is -0.444 e. The number of benzene rings is 1. The van der Waals surface area contributed by atoms with Crippen molar-refractivity contribution >= 4 is 11.8 Å². The van der Waals surface area contributed by atoms with Crippen LogP contribution in [-0.2, 0) is 4.74 Å². The molecule has 1 aromatic carbocycles. The van der Waals surface area contributed by atoms with Gasteiger partial charge in [0.05, 0.1) is 11.7 Å². The van der Waals surface area contributed by atoms with E-state index in [1.807, 2.05) is 57.2 Å². The smallest absolute Gasteiger partial charge is 0.408 e. The number of nitrogens with one attached hydrogen (secondary N) is 1. The summed E-state index contributed by atoms with van der Waals surface area (Å²) in [5.41, 5.74) is 8.80. The molecule has 0 spiro atoms. The van der Waals surface area contributed by atoms with Crippen molar-refractivity contribution in [2.24, 2.45) is 0 Å². The van der Waals surface area contributed by atoms with E-state index in [0.29, 0.717) is 12.1 Å². The molecular weight excluding hydrogens is 314 g/mol. The summed E-state index contributed by atoms with van der Waals surface area (Å²) in [6.07, 6.45) is 3.52. The van der Waals surface area contributed by atoms with Crippen molar-refractivity contribution in [1.29, 1.82) is 0 Å². The Bertz CT molecular complexity index is 751. The van der Waals surface area contributed by atoms with E-state index in [2.05, 4.69) is 16.9 Å². The Hall–Kier alpha value is -2.82. The second-order valence-corrected chi connectivity index (χ2v) is 6.78. The maximum atomic E-state index is 12.1. The lowest BCUT2D eigenvalue weighted by Gasteiger charge is -2.23. The van der Waals surface area contributed by atoms with Crippen LogP contribution >= 0.6 is 0 Å². The number of nitrogens with two attached hydrogens (primary N) is 1. The first-order valence-corrected chi connectivity index (χ1v) is 8.21. The number of hydrogen-bond donors (Lipinski definition) is 2. The number of anilines is 1. The van der Waals surface area contributed by atoms with Gasteiger partial charge in [-0.05, 0) is 51.0 Å². The van der Waals surface area contributed by atoms with E-state index >= 15 is 0 Å². The zero-order valence-electron chi connectivity index (χ0n) is 15.0. The number of amides is 1. The lowest BCUT2D eigenvalue weighted by molar-refractivity contribution is 0.0503. The lowest BCUT2D eigenvalue weighted by Crippen LogP contribution is -2.35. The molecule has 0 fully saturated rings. The molecular formula is C20H25N3O2. The highest BCUT2D eigenvalue weighted by atomic mass is 16.6. The largest absolute Gasteiger partial charge is 0.444 e. The Kier molecular flexibility index (Phi) is 5.80. The van der Waals surface area contributed by atoms with Gasteiger partial charge in [-0.1, -0.05) is 24.3 Å². The Morgan fingerprint density at radius 3 is 2.72 bits per heavy atom. The van der Waals surface area contributed by atoms with E-state index in [1.54, 1.807) is 12.3 Å². The topological polar surface area (TPSA) is 77.2 Å². The van der Waals surface area contributed by atoms with Crippen LogP contribution in [-0.4, -0.2) is 16.7 Å². The maximum absolute atomic E-state index is 12.1. The fourth-order valence-electron chi connectivity index (χ4n) is 2.44. The van der Waals surface area contributed by atoms with E-state index in [-0.39, 0.29) is 6.04 Å². The summed E-state index contributed by atoms with van der Waals surface area (Å²) in [6.45, 7) is 9.24. The molecule has 1 atom stereocenters. The summed E-state index contributed by atoms with van der Waals surface area (Å²) < 4.78 is 5.34. The summed E-state index contributed by atoms with van der Waals surface area (Å²) >= 11 is 0. The van der Waals surface area contributed by atoms with Crippen molar-refractivity contribution in [3.05, 3.63) is 60.9 Å². The number of carbonyl (C=O) groups is 1. The van der Waals surface area contributed by atoms with Gasteiger partial charge in [0.25, 0.3) is 0 Å². The molecule has 0 bridgehead atoms. The number of pyridine rings is 1. The number of alkyl carbamates (subject to hydrolysis) is 1. The first kappa shape index (κ1) is 18.5. The van der Waals surface area contributed by atoms with Crippen LogP contribution in [0.5, 0.6) is 0 Å². The van der Waals surface area contributed by atoms with E-state index in [4.69, 9.17) is 10.5 Å². The predicted molar refractivity (Wildman–Crippen MR) is 101 cm³/mol. The molecule has 1 aromatic heterocycles. The van der Waals surface area contributed by atoms with Crippen LogP contribution in [0.4, 0.5) is 10.5 Å². The number of para-hydroxylation sites is 1. The quantitative estimate of drug-likeness (QED) is 0.622. The van der Waals surface area contributed by atoms with Gasteiger partial charge in [-0.3, -0.25) is 4.98 Å². The standard InChI is InChI=1S/C20H25N3O2/c1-5-8-17(23-19(24)25-20(2,3)4)18-13-14(11-12-22-18)15-9-6-7-10-16(15)21/h5-7,9-13,17H,1,8,21H2,2-4H3,(H,23,24). The van der Waals surface area contributed by atoms with Crippen LogP contribution in [0, 0.1) is 0 Å². The van der Waals surface area contributed by atoms with Crippen molar-refractivity contribution in [3.8, 4) is 11.1 Å². The summed E-state index contributed by atoms with van der Waals surface area (Å²) in [7, 11) is 0. The zero-order valence-corrected chi connectivity index (χ0v) is 15.0. The Morgan fingerprint density at radius 1 is 1.36 bits per heavy atom. The molecule has 5 nitrogen and oxygen atoms in total. The highest BCUT2D eigenvalue weighted by molar-refractivity contribution is 5.76. The average Bonchev–Trinajstić information content (AvgIpc) is 2.53. The normalized spacial score (nSPS) is 12.3. The minimum absolute atomic E-state index is 0.322. The highest BCUT2D eigenvalue weighted by Crippen LogP contribution is 2.27. The third-order valence-corrected chi connectivity index (χ3v) is 3.50. The summed E-state index contributed by atoms with van der Waals surface area (Å²) in [5, 5.41) is 2.86. The van der Waals surface area contributed by atoms with Gasteiger partial charge < -0.3 is 15.8 Å². The Balaban J connectivity index is 2.27. The van der Waals surface area contributed by atoms with E-state index in [0.717, 1.165) is 16.8 Å². The average molecular weight is 339 g/mol. The number of ether oxygens (including phenoxy) is 1. The summed E-state index contributed by atoms with van der Waals surface area (Å²) in [6, 6.07) is 11.1. The third-order valence-electron chi connectivity index (χ3n) is 3.50. The monoisotopic (exact) mass is 339 g/mol. The van der Waals surface area contributed by atoms with Gasteiger partial charge in [0, 0.05) is 17.4 Å². The minimum atomic E-state index is -0.559. The first-order chi connectivity index (χ1) is 11.8. The van der Waals surface area contributed by atoms with Gasteiger partial charge in [0.1, 0.15) is 5.60 Å². The van der Waals surface area contributed by atoms with Crippen LogP contribution in [0.15, 0.2) is 55.3 Å². The fraction of sp³-hybridized carbons (Fsp3) is 0.300. The van der Waals surface area contributed by atoms with Crippen molar-refractivity contribution in [3.63, 3.8) is 0 Å². The van der Waals surface area contributed by atoms with Gasteiger partial charge in [-0.2, -0.15) is 0 Å². The van der Waals surface area contributed by atoms with Crippen LogP contribution in [0.1, 0.15) is 38.9 Å². The number of carbonyl (C=O) groups excluding carboxylic acids is 1. The van der Waals surface area contributed by atoms with Crippen molar-refractivity contribution in [2.75, 3.05) is 5.73 Å². The molecule has 5 heteroatoms. The molecule has 0 radical (unpaired) electrons. The predicted octanol–water partition coefficient (Wildman–Crippen LogP) is 4.47. The number of aromatic nitrogens is 1. The van der Waals surface area contributed by atoms with Gasteiger partial charge in [-0.25, -0.2) is 4.79 Å². The van der Waals surface area contributed by atoms with Crippen LogP contribution in [0.3, 0.4) is 0 Å². The van der Waals surface area contributed by atoms with Crippen LogP contribution in [0.25, 0.3) is 11.1 Å². The third kappa shape index (κ3) is 5.35. The van der Waals surface area contributed by atoms with Crippen LogP contribution in [0.2, 0.25) is 0 Å². The lowest BCUT2D eigenvalue weighted by atomic mass is 10.0. The van der Waals surface area contributed by atoms with Crippen LogP contribution < -0.4 is 11.1 Å². The number of hydrogen-bond acceptors (Lipinski definition) is 4. The molecule has 3 N–H and O–H groups in total. The van der Waals surface area contributed by atoms with E-state index in [9.17, 15) is 4.79 Å². The molecule has 2 rings (SSSR count). The van der Waals surface area contributed by atoms with Gasteiger partial charge in [0.2, 0.25) is 0 Å². The number of nitrogen functional groups attached to an aromatic ring is 1. The molecule has 0 aliphatic heterocycles. The molecule has 0 aliphatic carbocycles. The SMILES string of the molecule is C=CCC(NC(=O)OC(C)(C)C)c1cc(-c2ccccc2N)ccn1. The molecule has 1 unspecified atom stereocenters. The molecule has 2 aromatic rings. The van der Waals surface area contributed by atoms with Crippen molar-refractivity contribution in [1.82, 2.24) is 10.3 Å². The van der Waals surface area contributed by atoms with Gasteiger partial charge in [0.15, 0.2) is 0 Å². The molecule has 0 saturated heterocycles. The second kappa shape index (κ2) is 7.83. The van der Waals surface area contributed by atoms with Gasteiger partial charge in [-0.15, -0.1) is 6.58 Å². The fourth-order valence-corrected chi connectivity index (χ4v) is 2.44. The highest BCUT2D eigenvalue weighted by Gasteiger charge is 2.21.